The summed E-state index contributed by atoms with van der Waals surface area (Å²) in [6.07, 6.45) is 1.17. The number of carbonyl (C=O) groups is 3. The molecule has 6 heteroatoms. The molecule has 0 aromatic rings. The molecule has 0 rings (SSSR count). The van der Waals surface area contributed by atoms with Gasteiger partial charge in [-0.05, 0) is 33.6 Å². The highest BCUT2D eigenvalue weighted by Crippen LogP contribution is 2.18. The highest BCUT2D eigenvalue weighted by Gasteiger charge is 2.26. The summed E-state index contributed by atoms with van der Waals surface area (Å²) in [5.41, 5.74) is -0.666. The van der Waals surface area contributed by atoms with Crippen molar-refractivity contribution in [2.45, 2.75) is 47.0 Å². The minimum Gasteiger partial charge on any atom is -0.481 e. The zero-order valence-corrected chi connectivity index (χ0v) is 12.5. The number of carboxylic acid groups (broad SMARTS) is 2. The van der Waals surface area contributed by atoms with Gasteiger partial charge in [0.2, 0.25) is 0 Å². The van der Waals surface area contributed by atoms with E-state index in [1.165, 1.54) is 0 Å². The van der Waals surface area contributed by atoms with Gasteiger partial charge >= 0.3 is 17.9 Å². The Morgan fingerprint density at radius 1 is 1.05 bits per heavy atom. The molecular formula is C14H24O6. The molecule has 0 radical (unpaired) electrons. The van der Waals surface area contributed by atoms with Crippen LogP contribution in [0.3, 0.4) is 0 Å². The molecule has 0 spiro atoms. The third-order valence-corrected chi connectivity index (χ3v) is 2.99. The van der Waals surface area contributed by atoms with Crippen LogP contribution < -0.4 is 0 Å². The number of aliphatic carboxylic acids is 2. The van der Waals surface area contributed by atoms with E-state index in [9.17, 15) is 14.4 Å². The Morgan fingerprint density at radius 2 is 1.60 bits per heavy atom. The molecule has 0 aliphatic heterocycles. The van der Waals surface area contributed by atoms with Gasteiger partial charge in [0, 0.05) is 0 Å². The fraction of sp³-hybridized carbons (Fsp3) is 0.786. The Labute approximate surface area is 119 Å². The van der Waals surface area contributed by atoms with Crippen molar-refractivity contribution in [2.75, 3.05) is 6.61 Å². The third-order valence-electron chi connectivity index (χ3n) is 2.99. The quantitative estimate of drug-likeness (QED) is 0.664. The molecule has 2 N–H and O–H groups in total. The molecule has 0 saturated heterocycles. The highest BCUT2D eigenvalue weighted by molar-refractivity contribution is 5.76. The van der Waals surface area contributed by atoms with Crippen molar-refractivity contribution in [3.63, 3.8) is 0 Å². The summed E-state index contributed by atoms with van der Waals surface area (Å²) >= 11 is 0. The monoisotopic (exact) mass is 288 g/mol. The van der Waals surface area contributed by atoms with Gasteiger partial charge in [0.1, 0.15) is 6.61 Å². The summed E-state index contributed by atoms with van der Waals surface area (Å²) in [5, 5.41) is 17.8. The zero-order valence-electron chi connectivity index (χ0n) is 12.5. The molecule has 20 heavy (non-hydrogen) atoms. The van der Waals surface area contributed by atoms with Gasteiger partial charge in [-0.15, -0.1) is 0 Å². The van der Waals surface area contributed by atoms with Gasteiger partial charge in [0.25, 0.3) is 0 Å². The molecule has 116 valence electrons. The maximum atomic E-state index is 11.6. The van der Waals surface area contributed by atoms with Crippen LogP contribution >= 0.6 is 0 Å². The zero-order chi connectivity index (χ0) is 15.9. The van der Waals surface area contributed by atoms with Gasteiger partial charge in [0.15, 0.2) is 0 Å². The van der Waals surface area contributed by atoms with Crippen molar-refractivity contribution in [3.05, 3.63) is 0 Å². The Kier molecular flexibility index (Phi) is 7.24. The molecule has 0 fully saturated rings. The maximum Gasteiger partial charge on any atom is 0.311 e. The predicted molar refractivity (Wildman–Crippen MR) is 72.2 cm³/mol. The second kappa shape index (κ2) is 7.87. The van der Waals surface area contributed by atoms with Crippen molar-refractivity contribution >= 4 is 17.9 Å². The van der Waals surface area contributed by atoms with E-state index in [0.717, 1.165) is 0 Å². The SMILES string of the molecule is CC(CCCC(COC(=O)C(C)(C)C)C(=O)O)C(=O)O. The molecular weight excluding hydrogens is 264 g/mol. The first kappa shape index (κ1) is 18.4. The Morgan fingerprint density at radius 3 is 2.00 bits per heavy atom. The number of carbonyl (C=O) groups excluding carboxylic acids is 1. The molecule has 0 heterocycles. The summed E-state index contributed by atoms with van der Waals surface area (Å²) < 4.78 is 5.00. The van der Waals surface area contributed by atoms with E-state index in [1.807, 2.05) is 0 Å². The minimum atomic E-state index is -1.03. The number of carboxylic acids is 2. The van der Waals surface area contributed by atoms with Gasteiger partial charge in [-0.1, -0.05) is 13.3 Å². The first-order valence-corrected chi connectivity index (χ1v) is 6.68. The van der Waals surface area contributed by atoms with Crippen LogP contribution in [-0.4, -0.2) is 34.7 Å². The summed E-state index contributed by atoms with van der Waals surface area (Å²) in [5.74, 6) is -3.66. The topological polar surface area (TPSA) is 101 Å². The summed E-state index contributed by atoms with van der Waals surface area (Å²) in [7, 11) is 0. The standard InChI is InChI=1S/C14H24O6/c1-9(11(15)16)6-5-7-10(12(17)18)8-20-13(19)14(2,3)4/h9-10H,5-8H2,1-4H3,(H,15,16)(H,17,18). The fourth-order valence-corrected chi connectivity index (χ4v) is 1.46. The molecule has 0 bridgehead atoms. The van der Waals surface area contributed by atoms with Crippen molar-refractivity contribution in [3.8, 4) is 0 Å². The molecule has 0 saturated carbocycles. The molecule has 0 aromatic carbocycles. The van der Waals surface area contributed by atoms with Crippen LogP contribution in [0.5, 0.6) is 0 Å². The van der Waals surface area contributed by atoms with E-state index in [0.29, 0.717) is 19.3 Å². The highest BCUT2D eigenvalue weighted by atomic mass is 16.5. The normalized spacial score (nSPS) is 14.4. The molecule has 6 nitrogen and oxygen atoms in total. The minimum absolute atomic E-state index is 0.174. The number of hydrogen-bond donors (Lipinski definition) is 2. The summed E-state index contributed by atoms with van der Waals surface area (Å²) in [6.45, 7) is 6.49. The van der Waals surface area contributed by atoms with E-state index < -0.39 is 35.2 Å². The molecule has 0 aliphatic rings. The number of ether oxygens (including phenoxy) is 1. The van der Waals surface area contributed by atoms with Gasteiger partial charge in [-0.2, -0.15) is 0 Å². The van der Waals surface area contributed by atoms with E-state index in [4.69, 9.17) is 14.9 Å². The largest absolute Gasteiger partial charge is 0.481 e. The maximum absolute atomic E-state index is 11.6. The molecule has 2 atom stereocenters. The van der Waals surface area contributed by atoms with E-state index >= 15 is 0 Å². The third kappa shape index (κ3) is 7.11. The fourth-order valence-electron chi connectivity index (χ4n) is 1.46. The second-order valence-electron chi connectivity index (χ2n) is 6.05. The lowest BCUT2D eigenvalue weighted by molar-refractivity contribution is -0.157. The Balaban J connectivity index is 4.22. The average molecular weight is 288 g/mol. The average Bonchev–Trinajstić information content (AvgIpc) is 2.30. The van der Waals surface area contributed by atoms with Crippen LogP contribution in [0.4, 0.5) is 0 Å². The van der Waals surface area contributed by atoms with Crippen LogP contribution in [0.2, 0.25) is 0 Å². The van der Waals surface area contributed by atoms with Crippen molar-refractivity contribution in [2.24, 2.45) is 17.3 Å². The predicted octanol–water partition coefficient (Wildman–Crippen LogP) is 2.17. The number of rotatable bonds is 8. The second-order valence-corrected chi connectivity index (χ2v) is 6.05. The molecule has 2 unspecified atom stereocenters. The Bertz CT molecular complexity index is 355. The van der Waals surface area contributed by atoms with Gasteiger partial charge < -0.3 is 14.9 Å². The van der Waals surface area contributed by atoms with Crippen molar-refractivity contribution < 1.29 is 29.3 Å². The lowest BCUT2D eigenvalue weighted by Gasteiger charge is -2.19. The number of esters is 1. The number of hydrogen-bond acceptors (Lipinski definition) is 4. The van der Waals surface area contributed by atoms with Crippen molar-refractivity contribution in [1.29, 1.82) is 0 Å². The van der Waals surface area contributed by atoms with E-state index in [1.54, 1.807) is 27.7 Å². The van der Waals surface area contributed by atoms with Crippen LogP contribution in [0.15, 0.2) is 0 Å². The summed E-state index contributed by atoms with van der Waals surface area (Å²) in [4.78, 5) is 33.3. The first-order valence-electron chi connectivity index (χ1n) is 6.68. The van der Waals surface area contributed by atoms with Crippen LogP contribution in [0.1, 0.15) is 47.0 Å². The smallest absolute Gasteiger partial charge is 0.311 e. The lowest BCUT2D eigenvalue weighted by atomic mass is 9.96. The van der Waals surface area contributed by atoms with Crippen LogP contribution in [0.25, 0.3) is 0 Å². The van der Waals surface area contributed by atoms with E-state index in [-0.39, 0.29) is 6.61 Å². The summed E-state index contributed by atoms with van der Waals surface area (Å²) in [6, 6.07) is 0. The first-order chi connectivity index (χ1) is 9.05. The van der Waals surface area contributed by atoms with Crippen LogP contribution in [0, 0.1) is 17.3 Å². The molecule has 0 amide bonds. The van der Waals surface area contributed by atoms with Gasteiger partial charge in [-0.25, -0.2) is 0 Å². The lowest BCUT2D eigenvalue weighted by Crippen LogP contribution is -2.28. The van der Waals surface area contributed by atoms with Gasteiger partial charge in [-0.3, -0.25) is 14.4 Å². The Hall–Kier alpha value is -1.59. The van der Waals surface area contributed by atoms with Crippen molar-refractivity contribution in [1.82, 2.24) is 0 Å². The molecule has 0 aromatic heterocycles. The molecule has 0 aliphatic carbocycles. The van der Waals surface area contributed by atoms with Crippen LogP contribution in [-0.2, 0) is 19.1 Å². The van der Waals surface area contributed by atoms with E-state index in [2.05, 4.69) is 0 Å². The van der Waals surface area contributed by atoms with Gasteiger partial charge in [0.05, 0.1) is 17.3 Å².